The molecule has 0 fully saturated rings. The van der Waals surface area contributed by atoms with Gasteiger partial charge in [-0.15, -0.1) is 0 Å². The third kappa shape index (κ3) is 2.77. The first-order chi connectivity index (χ1) is 8.65. The Bertz CT molecular complexity index is 445. The van der Waals surface area contributed by atoms with Crippen molar-refractivity contribution in [1.29, 1.82) is 0 Å². The van der Waals surface area contributed by atoms with E-state index in [2.05, 4.69) is 0 Å². The van der Waals surface area contributed by atoms with Crippen LogP contribution in [0.2, 0.25) is 0 Å². The van der Waals surface area contributed by atoms with Gasteiger partial charge in [0.2, 0.25) is 5.53 Å². The molecule has 94 valence electrons. The normalized spacial score (nSPS) is 11.8. The van der Waals surface area contributed by atoms with E-state index in [1.54, 1.807) is 0 Å². The Morgan fingerprint density at radius 2 is 1.17 bits per heavy atom. The summed E-state index contributed by atoms with van der Waals surface area (Å²) in [5.74, 6) is 0. The summed E-state index contributed by atoms with van der Waals surface area (Å²) in [4.78, 5) is 0. The van der Waals surface area contributed by atoms with Crippen molar-refractivity contribution >= 4 is 18.5 Å². The summed E-state index contributed by atoms with van der Waals surface area (Å²) in [5, 5.41) is 30.9. The molecule has 0 saturated heterocycles. The van der Waals surface area contributed by atoms with Gasteiger partial charge in [-0.1, -0.05) is 60.7 Å². The van der Waals surface area contributed by atoms with Crippen molar-refractivity contribution in [2.75, 3.05) is 6.61 Å². The highest BCUT2D eigenvalue weighted by Crippen LogP contribution is 2.44. The molecule has 2 aromatic carbocycles. The van der Waals surface area contributed by atoms with Crippen molar-refractivity contribution in [3.8, 4) is 0 Å². The SMILES string of the molecule is OCC(O)(O)P(c1ccccc1)c1ccccc1. The Kier molecular flexibility index (Phi) is 4.10. The van der Waals surface area contributed by atoms with E-state index in [1.807, 2.05) is 60.7 Å². The molecule has 0 heterocycles. The predicted molar refractivity (Wildman–Crippen MR) is 73.3 cm³/mol. The van der Waals surface area contributed by atoms with Gasteiger partial charge in [0.1, 0.15) is 6.61 Å². The van der Waals surface area contributed by atoms with Gasteiger partial charge >= 0.3 is 0 Å². The van der Waals surface area contributed by atoms with Crippen LogP contribution in [0.1, 0.15) is 0 Å². The van der Waals surface area contributed by atoms with Gasteiger partial charge in [-0.25, -0.2) is 0 Å². The maximum absolute atomic E-state index is 10.0. The maximum atomic E-state index is 10.0. The fraction of sp³-hybridized carbons (Fsp3) is 0.143. The standard InChI is InChI=1S/C14H15O3P/c15-11-14(16,17)18(12-7-3-1-4-8-12)13-9-5-2-6-10-13/h1-10,15-17H,11H2. The molecule has 0 spiro atoms. The summed E-state index contributed by atoms with van der Waals surface area (Å²) in [6.07, 6.45) is 0. The lowest BCUT2D eigenvalue weighted by atomic mass is 10.4. The lowest BCUT2D eigenvalue weighted by molar-refractivity contribution is -0.112. The maximum Gasteiger partial charge on any atom is 0.213 e. The summed E-state index contributed by atoms with van der Waals surface area (Å²) in [5.41, 5.74) is -2.11. The number of aliphatic hydroxyl groups excluding tert-OH is 1. The van der Waals surface area contributed by atoms with Crippen molar-refractivity contribution in [1.82, 2.24) is 0 Å². The van der Waals surface area contributed by atoms with Gasteiger partial charge in [0.05, 0.1) is 0 Å². The van der Waals surface area contributed by atoms with Gasteiger partial charge in [0.15, 0.2) is 0 Å². The Morgan fingerprint density at radius 3 is 1.50 bits per heavy atom. The van der Waals surface area contributed by atoms with Gasteiger partial charge in [0, 0.05) is 7.92 Å². The Balaban J connectivity index is 2.49. The quantitative estimate of drug-likeness (QED) is 0.563. The van der Waals surface area contributed by atoms with Crippen molar-refractivity contribution < 1.29 is 15.3 Å². The van der Waals surface area contributed by atoms with Gasteiger partial charge in [-0.05, 0) is 10.6 Å². The minimum absolute atomic E-state index is 0.692. The highest BCUT2D eigenvalue weighted by atomic mass is 31.1. The van der Waals surface area contributed by atoms with Crippen molar-refractivity contribution in [3.63, 3.8) is 0 Å². The number of rotatable bonds is 4. The van der Waals surface area contributed by atoms with E-state index >= 15 is 0 Å². The molecule has 0 aromatic heterocycles. The number of hydrogen-bond acceptors (Lipinski definition) is 3. The first kappa shape index (κ1) is 13.2. The molecule has 0 radical (unpaired) electrons. The summed E-state index contributed by atoms with van der Waals surface area (Å²) < 4.78 is 0. The molecular weight excluding hydrogens is 247 g/mol. The molecule has 3 nitrogen and oxygen atoms in total. The molecule has 4 heteroatoms. The minimum Gasteiger partial charge on any atom is -0.390 e. The zero-order valence-corrected chi connectivity index (χ0v) is 10.7. The molecule has 3 N–H and O–H groups in total. The number of benzene rings is 2. The largest absolute Gasteiger partial charge is 0.390 e. The van der Waals surface area contributed by atoms with Crippen molar-refractivity contribution in [2.45, 2.75) is 5.53 Å². The van der Waals surface area contributed by atoms with Crippen molar-refractivity contribution in [2.24, 2.45) is 0 Å². The fourth-order valence-corrected chi connectivity index (χ4v) is 3.99. The highest BCUT2D eigenvalue weighted by Gasteiger charge is 2.36. The Hall–Kier alpha value is -1.25. The molecule has 18 heavy (non-hydrogen) atoms. The Labute approximate surface area is 107 Å². The second kappa shape index (κ2) is 5.59. The second-order valence-corrected chi connectivity index (χ2v) is 6.36. The van der Waals surface area contributed by atoms with Gasteiger partial charge in [0.25, 0.3) is 0 Å². The van der Waals surface area contributed by atoms with Crippen LogP contribution in [0, 0.1) is 0 Å². The first-order valence-corrected chi connectivity index (χ1v) is 6.95. The van der Waals surface area contributed by atoms with E-state index in [4.69, 9.17) is 0 Å². The predicted octanol–water partition coefficient (Wildman–Crippen LogP) is 0.750. The summed E-state index contributed by atoms with van der Waals surface area (Å²) in [6.45, 7) is -0.692. The molecule has 2 rings (SSSR count). The molecule has 0 amide bonds. The van der Waals surface area contributed by atoms with Gasteiger partial charge in [-0.3, -0.25) is 0 Å². The topological polar surface area (TPSA) is 60.7 Å². The molecular formula is C14H15O3P. The summed E-state index contributed by atoms with van der Waals surface area (Å²) in [7, 11) is -1.43. The molecule has 0 unspecified atom stereocenters. The van der Waals surface area contributed by atoms with Crippen LogP contribution >= 0.6 is 7.92 Å². The van der Waals surface area contributed by atoms with Crippen LogP contribution in [0.15, 0.2) is 60.7 Å². The summed E-state index contributed by atoms with van der Waals surface area (Å²) >= 11 is 0. The van der Waals surface area contributed by atoms with E-state index in [1.165, 1.54) is 0 Å². The van der Waals surface area contributed by atoms with Crippen LogP contribution in [0.25, 0.3) is 0 Å². The van der Waals surface area contributed by atoms with Gasteiger partial charge < -0.3 is 15.3 Å². The molecule has 0 atom stereocenters. The van der Waals surface area contributed by atoms with E-state index < -0.39 is 20.1 Å². The zero-order valence-electron chi connectivity index (χ0n) is 9.77. The smallest absolute Gasteiger partial charge is 0.213 e. The number of hydrogen-bond donors (Lipinski definition) is 3. The molecule has 0 aliphatic heterocycles. The third-order valence-corrected chi connectivity index (χ3v) is 5.09. The Morgan fingerprint density at radius 1 is 0.778 bits per heavy atom. The van der Waals surface area contributed by atoms with E-state index in [9.17, 15) is 15.3 Å². The van der Waals surface area contributed by atoms with E-state index in [0.29, 0.717) is 0 Å². The molecule has 0 bridgehead atoms. The highest BCUT2D eigenvalue weighted by molar-refractivity contribution is 7.74. The van der Waals surface area contributed by atoms with Crippen LogP contribution in [0.5, 0.6) is 0 Å². The van der Waals surface area contributed by atoms with Crippen LogP contribution in [-0.4, -0.2) is 27.5 Å². The van der Waals surface area contributed by atoms with Crippen LogP contribution in [0.4, 0.5) is 0 Å². The molecule has 2 aromatic rings. The second-order valence-electron chi connectivity index (χ2n) is 3.94. The fourth-order valence-electron chi connectivity index (χ4n) is 1.79. The zero-order chi connectivity index (χ0) is 13.0. The van der Waals surface area contributed by atoms with Crippen molar-refractivity contribution in [3.05, 3.63) is 60.7 Å². The first-order valence-electron chi connectivity index (χ1n) is 5.61. The summed E-state index contributed by atoms with van der Waals surface area (Å²) in [6, 6.07) is 18.5. The van der Waals surface area contributed by atoms with Gasteiger partial charge in [-0.2, -0.15) is 0 Å². The third-order valence-electron chi connectivity index (χ3n) is 2.60. The number of aliphatic hydroxyl groups is 3. The van der Waals surface area contributed by atoms with E-state index in [-0.39, 0.29) is 0 Å². The van der Waals surface area contributed by atoms with Crippen LogP contribution in [-0.2, 0) is 0 Å². The lowest BCUT2D eigenvalue weighted by Crippen LogP contribution is -2.37. The lowest BCUT2D eigenvalue weighted by Gasteiger charge is -2.30. The monoisotopic (exact) mass is 262 g/mol. The van der Waals surface area contributed by atoms with Crippen LogP contribution < -0.4 is 10.6 Å². The minimum atomic E-state index is -2.11. The molecule has 0 saturated carbocycles. The van der Waals surface area contributed by atoms with Crippen LogP contribution in [0.3, 0.4) is 0 Å². The van der Waals surface area contributed by atoms with E-state index in [0.717, 1.165) is 10.6 Å². The molecule has 0 aliphatic rings. The average Bonchev–Trinajstić information content (AvgIpc) is 2.41. The molecule has 0 aliphatic carbocycles. The average molecular weight is 262 g/mol.